The molecule has 1 amide bonds. The van der Waals surface area contributed by atoms with Gasteiger partial charge in [-0.15, -0.1) is 0 Å². The van der Waals surface area contributed by atoms with Crippen molar-refractivity contribution >= 4 is 21.6 Å². The number of piperidine rings is 1. The number of rotatable bonds is 3. The van der Waals surface area contributed by atoms with Crippen molar-refractivity contribution in [3.05, 3.63) is 24.3 Å². The molecule has 5 nitrogen and oxygen atoms in total. The van der Waals surface area contributed by atoms with E-state index in [0.29, 0.717) is 30.3 Å². The lowest BCUT2D eigenvalue weighted by Gasteiger charge is -2.36. The maximum atomic E-state index is 12.9. The van der Waals surface area contributed by atoms with Gasteiger partial charge in [-0.3, -0.25) is 4.79 Å². The monoisotopic (exact) mass is 336 g/mol. The molecule has 1 aromatic rings. The highest BCUT2D eigenvalue weighted by Crippen LogP contribution is 2.30. The van der Waals surface area contributed by atoms with Crippen LogP contribution in [0.4, 0.5) is 5.69 Å². The van der Waals surface area contributed by atoms with E-state index in [1.54, 1.807) is 33.5 Å². The van der Waals surface area contributed by atoms with Gasteiger partial charge >= 0.3 is 0 Å². The summed E-state index contributed by atoms with van der Waals surface area (Å²) >= 11 is 0. The molecule has 2 aliphatic rings. The second-order valence-corrected chi connectivity index (χ2v) is 8.51. The van der Waals surface area contributed by atoms with E-state index in [2.05, 4.69) is 6.92 Å². The normalized spacial score (nSPS) is 26.7. The molecule has 0 bridgehead atoms. The minimum Gasteiger partial charge on any atom is -0.312 e. The van der Waals surface area contributed by atoms with E-state index < -0.39 is 10.0 Å². The van der Waals surface area contributed by atoms with Crippen molar-refractivity contribution in [2.75, 3.05) is 18.0 Å². The number of sulfonamides is 1. The molecule has 0 spiro atoms. The van der Waals surface area contributed by atoms with Gasteiger partial charge in [-0.05, 0) is 56.4 Å². The first-order valence-electron chi connectivity index (χ1n) is 8.33. The molecule has 0 unspecified atom stereocenters. The number of carbonyl (C=O) groups is 1. The van der Waals surface area contributed by atoms with E-state index >= 15 is 0 Å². The van der Waals surface area contributed by atoms with Gasteiger partial charge < -0.3 is 4.90 Å². The Bertz CT molecular complexity index is 684. The smallest absolute Gasteiger partial charge is 0.243 e. The fraction of sp³-hybridized carbons (Fsp3) is 0.588. The lowest BCUT2D eigenvalue weighted by molar-refractivity contribution is -0.117. The molecule has 23 heavy (non-hydrogen) atoms. The highest BCUT2D eigenvalue weighted by atomic mass is 32.2. The van der Waals surface area contributed by atoms with Gasteiger partial charge in [-0.2, -0.15) is 4.31 Å². The Morgan fingerprint density at radius 1 is 1.04 bits per heavy atom. The first kappa shape index (κ1) is 16.5. The SMILES string of the molecule is C[C@@H]1CCCN(S(=O)(=O)c2ccc(N3CCCC3=O)cc2)[C@H]1C. The topological polar surface area (TPSA) is 57.7 Å². The van der Waals surface area contributed by atoms with Crippen LogP contribution in [0.2, 0.25) is 0 Å². The second-order valence-electron chi connectivity index (χ2n) is 6.62. The van der Waals surface area contributed by atoms with E-state index in [1.165, 1.54) is 0 Å². The molecular formula is C17H24N2O3S. The molecule has 0 saturated carbocycles. The summed E-state index contributed by atoms with van der Waals surface area (Å²) < 4.78 is 27.4. The zero-order valence-electron chi connectivity index (χ0n) is 13.7. The first-order chi connectivity index (χ1) is 10.9. The maximum absolute atomic E-state index is 12.9. The molecule has 2 heterocycles. The molecule has 2 aliphatic heterocycles. The Balaban J connectivity index is 1.84. The quantitative estimate of drug-likeness (QED) is 0.852. The summed E-state index contributed by atoms with van der Waals surface area (Å²) in [6, 6.07) is 6.76. The number of nitrogens with zero attached hydrogens (tertiary/aromatic N) is 2. The minimum absolute atomic E-state index is 0.0218. The average Bonchev–Trinajstić information content (AvgIpc) is 2.96. The number of benzene rings is 1. The summed E-state index contributed by atoms with van der Waals surface area (Å²) in [6.07, 6.45) is 3.42. The Labute approximate surface area is 138 Å². The van der Waals surface area contributed by atoms with Crippen molar-refractivity contribution in [1.29, 1.82) is 0 Å². The number of amides is 1. The fourth-order valence-corrected chi connectivity index (χ4v) is 5.26. The van der Waals surface area contributed by atoms with E-state index in [4.69, 9.17) is 0 Å². The van der Waals surface area contributed by atoms with Crippen molar-refractivity contribution in [1.82, 2.24) is 4.31 Å². The van der Waals surface area contributed by atoms with Crippen molar-refractivity contribution < 1.29 is 13.2 Å². The summed E-state index contributed by atoms with van der Waals surface area (Å²) in [5, 5.41) is 0. The van der Waals surface area contributed by atoms with Crippen LogP contribution in [0.25, 0.3) is 0 Å². The van der Waals surface area contributed by atoms with Crippen molar-refractivity contribution in [2.45, 2.75) is 50.5 Å². The lowest BCUT2D eigenvalue weighted by atomic mass is 9.94. The summed E-state index contributed by atoms with van der Waals surface area (Å²) in [6.45, 7) is 5.39. The molecule has 0 aliphatic carbocycles. The lowest BCUT2D eigenvalue weighted by Crippen LogP contribution is -2.45. The fourth-order valence-electron chi connectivity index (χ4n) is 3.49. The van der Waals surface area contributed by atoms with Crippen LogP contribution >= 0.6 is 0 Å². The zero-order chi connectivity index (χ0) is 16.6. The highest BCUT2D eigenvalue weighted by Gasteiger charge is 2.34. The number of hydrogen-bond acceptors (Lipinski definition) is 3. The van der Waals surface area contributed by atoms with Crippen molar-refractivity contribution in [2.24, 2.45) is 5.92 Å². The van der Waals surface area contributed by atoms with Crippen molar-refractivity contribution in [3.63, 3.8) is 0 Å². The predicted octanol–water partition coefficient (Wildman–Crippen LogP) is 2.62. The maximum Gasteiger partial charge on any atom is 0.243 e. The van der Waals surface area contributed by atoms with Crippen LogP contribution in [-0.4, -0.2) is 37.8 Å². The molecule has 2 saturated heterocycles. The van der Waals surface area contributed by atoms with E-state index in [1.807, 2.05) is 6.92 Å². The van der Waals surface area contributed by atoms with Crippen LogP contribution in [0.15, 0.2) is 29.2 Å². The molecule has 0 aromatic heterocycles. The van der Waals surface area contributed by atoms with Gasteiger partial charge in [0.25, 0.3) is 0 Å². The van der Waals surface area contributed by atoms with Gasteiger partial charge in [0, 0.05) is 31.2 Å². The van der Waals surface area contributed by atoms with Crippen LogP contribution in [0.1, 0.15) is 39.5 Å². The van der Waals surface area contributed by atoms with Crippen LogP contribution in [0.3, 0.4) is 0 Å². The van der Waals surface area contributed by atoms with Gasteiger partial charge in [0.05, 0.1) is 4.90 Å². The van der Waals surface area contributed by atoms with Crippen LogP contribution in [-0.2, 0) is 14.8 Å². The molecular weight excluding hydrogens is 312 g/mol. The van der Waals surface area contributed by atoms with Gasteiger partial charge in [0.1, 0.15) is 0 Å². The van der Waals surface area contributed by atoms with Gasteiger partial charge in [-0.25, -0.2) is 8.42 Å². The number of anilines is 1. The van der Waals surface area contributed by atoms with Gasteiger partial charge in [0.15, 0.2) is 0 Å². The Morgan fingerprint density at radius 2 is 1.74 bits per heavy atom. The second kappa shape index (κ2) is 6.24. The molecule has 2 atom stereocenters. The third kappa shape index (κ3) is 3.02. The Morgan fingerprint density at radius 3 is 2.35 bits per heavy atom. The highest BCUT2D eigenvalue weighted by molar-refractivity contribution is 7.89. The molecule has 3 rings (SSSR count). The van der Waals surface area contributed by atoms with Crippen LogP contribution in [0, 0.1) is 5.92 Å². The Hall–Kier alpha value is -1.40. The van der Waals surface area contributed by atoms with Gasteiger partial charge in [0.2, 0.25) is 15.9 Å². The largest absolute Gasteiger partial charge is 0.312 e. The standard InChI is InChI=1S/C17H24N2O3S/c1-13-5-3-12-19(14(13)2)23(21,22)16-9-7-15(8-10-16)18-11-4-6-17(18)20/h7-10,13-14H,3-6,11-12H2,1-2H3/t13-,14+/m1/s1. The third-order valence-corrected chi connectivity index (χ3v) is 7.14. The van der Waals surface area contributed by atoms with E-state index in [-0.39, 0.29) is 11.9 Å². The molecule has 2 fully saturated rings. The third-order valence-electron chi connectivity index (χ3n) is 5.14. The van der Waals surface area contributed by atoms with Crippen LogP contribution < -0.4 is 4.90 Å². The zero-order valence-corrected chi connectivity index (χ0v) is 14.6. The van der Waals surface area contributed by atoms with E-state index in [0.717, 1.165) is 24.9 Å². The summed E-state index contributed by atoms with van der Waals surface area (Å²) in [5.74, 6) is 0.485. The first-order valence-corrected chi connectivity index (χ1v) is 9.77. The molecule has 1 aromatic carbocycles. The minimum atomic E-state index is -3.47. The molecule has 0 radical (unpaired) electrons. The summed E-state index contributed by atoms with van der Waals surface area (Å²) in [5.41, 5.74) is 0.784. The summed E-state index contributed by atoms with van der Waals surface area (Å²) in [4.78, 5) is 13.8. The summed E-state index contributed by atoms with van der Waals surface area (Å²) in [7, 11) is -3.47. The molecule has 0 N–H and O–H groups in total. The molecule has 6 heteroatoms. The number of hydrogen-bond donors (Lipinski definition) is 0. The van der Waals surface area contributed by atoms with Crippen molar-refractivity contribution in [3.8, 4) is 0 Å². The Kier molecular flexibility index (Phi) is 4.47. The number of carbonyl (C=O) groups excluding carboxylic acids is 1. The predicted molar refractivity (Wildman–Crippen MR) is 89.8 cm³/mol. The van der Waals surface area contributed by atoms with E-state index in [9.17, 15) is 13.2 Å². The van der Waals surface area contributed by atoms with Crippen LogP contribution in [0.5, 0.6) is 0 Å². The molecule has 126 valence electrons. The average molecular weight is 336 g/mol. The van der Waals surface area contributed by atoms with Gasteiger partial charge in [-0.1, -0.05) is 6.92 Å².